The van der Waals surface area contributed by atoms with E-state index >= 15 is 0 Å². The van der Waals surface area contributed by atoms with Crippen molar-refractivity contribution in [3.8, 4) is 0 Å². The molecule has 0 saturated heterocycles. The number of carbonyl (C=O) groups excluding carboxylic acids is 1. The normalized spacial score (nSPS) is 8.20. The molecule has 0 bridgehead atoms. The van der Waals surface area contributed by atoms with Crippen LogP contribution in [0.25, 0.3) is 0 Å². The molecule has 54 valence electrons. The Hall–Kier alpha value is 0.638. The molecule has 0 spiro atoms. The van der Waals surface area contributed by atoms with Crippen LogP contribution in [-0.4, -0.2) is 42.8 Å². The van der Waals surface area contributed by atoms with Gasteiger partial charge in [-0.3, -0.25) is 4.79 Å². The van der Waals surface area contributed by atoms with Crippen molar-refractivity contribution in [2.75, 3.05) is 12.4 Å². The predicted molar refractivity (Wildman–Crippen MR) is 45.5 cm³/mol. The molecule has 0 N–H and O–H groups in total. The van der Waals surface area contributed by atoms with Crippen molar-refractivity contribution in [1.29, 1.82) is 0 Å². The smallest absolute Gasteiger partial charge is 0.465 e. The molecule has 4 heteroatoms. The van der Waals surface area contributed by atoms with Gasteiger partial charge in [0.2, 0.25) is 0 Å². The Kier molecular flexibility index (Phi) is 12.8. The molecule has 0 fully saturated rings. The molecule has 2 nitrogen and oxygen atoms in total. The van der Waals surface area contributed by atoms with Gasteiger partial charge >= 0.3 is 30.4 Å². The van der Waals surface area contributed by atoms with E-state index < -0.39 is 0 Å². The first kappa shape index (κ1) is 13.2. The SMILES string of the molecule is CCCCOC(=O)CS.[Sb+5]. The van der Waals surface area contributed by atoms with Crippen LogP contribution in [0.5, 0.6) is 0 Å². The van der Waals surface area contributed by atoms with Crippen LogP contribution in [0, 0.1) is 0 Å². The molecule has 0 aliphatic heterocycles. The second kappa shape index (κ2) is 9.64. The molecule has 0 aromatic rings. The molecule has 0 aliphatic carbocycles. The topological polar surface area (TPSA) is 26.3 Å². The molecule has 0 unspecified atom stereocenters. The van der Waals surface area contributed by atoms with E-state index in [1.165, 1.54) is 0 Å². The Morgan fingerprint density at radius 3 is 2.60 bits per heavy atom. The third-order valence-electron chi connectivity index (χ3n) is 0.890. The van der Waals surface area contributed by atoms with Gasteiger partial charge in [-0.1, -0.05) is 13.3 Å². The van der Waals surface area contributed by atoms with Crippen molar-refractivity contribution in [1.82, 2.24) is 0 Å². The molecule has 10 heavy (non-hydrogen) atoms. The summed E-state index contributed by atoms with van der Waals surface area (Å²) in [5.41, 5.74) is 0. The predicted octanol–water partition coefficient (Wildman–Crippen LogP) is 0.879. The molecule has 0 saturated carbocycles. The average molecular weight is 270 g/mol. The standard InChI is InChI=1S/C6H12O2S.Sb/c1-2-3-4-8-6(7)5-9;/h9H,2-5H2,1H3;/q;+5. The van der Waals surface area contributed by atoms with E-state index in [0.29, 0.717) is 6.61 Å². The molecule has 0 aromatic carbocycles. The minimum Gasteiger partial charge on any atom is -0.465 e. The fourth-order valence-corrected chi connectivity index (χ4v) is 0.467. The van der Waals surface area contributed by atoms with Gasteiger partial charge in [-0.2, -0.15) is 12.6 Å². The molecule has 0 heterocycles. The van der Waals surface area contributed by atoms with Gasteiger partial charge in [0.1, 0.15) is 0 Å². The third kappa shape index (κ3) is 8.64. The second-order valence-electron chi connectivity index (χ2n) is 1.73. The number of thiol groups is 1. The van der Waals surface area contributed by atoms with Crippen LogP contribution in [0.1, 0.15) is 19.8 Å². The van der Waals surface area contributed by atoms with E-state index in [1.807, 2.05) is 0 Å². The molecule has 0 aliphatic rings. The number of carbonyl (C=O) groups is 1. The Labute approximate surface area is 84.6 Å². The van der Waals surface area contributed by atoms with Crippen LogP contribution in [0.15, 0.2) is 0 Å². The van der Waals surface area contributed by atoms with Crippen molar-refractivity contribution >= 4 is 43.0 Å². The first-order valence-corrected chi connectivity index (χ1v) is 3.71. The van der Waals surface area contributed by atoms with Gasteiger partial charge in [-0.05, 0) is 6.42 Å². The number of unbranched alkanes of at least 4 members (excludes halogenated alkanes) is 1. The molecule has 0 atom stereocenters. The molecule has 0 amide bonds. The van der Waals surface area contributed by atoms with Crippen LogP contribution in [0.2, 0.25) is 0 Å². The largest absolute Gasteiger partial charge is 5.00 e. The number of hydrogen-bond donors (Lipinski definition) is 1. The summed E-state index contributed by atoms with van der Waals surface area (Å²) in [7, 11) is 0. The van der Waals surface area contributed by atoms with Crippen LogP contribution in [-0.2, 0) is 9.53 Å². The van der Waals surface area contributed by atoms with Crippen molar-refractivity contribution in [3.05, 3.63) is 0 Å². The molecular formula is C6H12O2SSb+5. The number of ether oxygens (including phenoxy) is 1. The van der Waals surface area contributed by atoms with Gasteiger partial charge in [0.05, 0.1) is 12.4 Å². The zero-order valence-corrected chi connectivity index (χ0v) is 9.49. The average Bonchev–Trinajstić information content (AvgIpc) is 1.89. The van der Waals surface area contributed by atoms with Crippen LogP contribution < -0.4 is 0 Å². The van der Waals surface area contributed by atoms with Crippen LogP contribution in [0.4, 0.5) is 0 Å². The molecule has 0 aromatic heterocycles. The minimum absolute atomic E-state index is 0. The summed E-state index contributed by atoms with van der Waals surface area (Å²) in [5, 5.41) is 0. The number of hydrogen-bond acceptors (Lipinski definition) is 3. The molecule has 0 radical (unpaired) electrons. The summed E-state index contributed by atoms with van der Waals surface area (Å²) in [6.45, 7) is 2.59. The minimum atomic E-state index is -0.230. The fraction of sp³-hybridized carbons (Fsp3) is 0.833. The van der Waals surface area contributed by atoms with E-state index in [2.05, 4.69) is 19.6 Å². The maximum Gasteiger partial charge on any atom is 5.00 e. The molecular weight excluding hydrogens is 258 g/mol. The van der Waals surface area contributed by atoms with Gasteiger partial charge < -0.3 is 4.74 Å². The summed E-state index contributed by atoms with van der Waals surface area (Å²) < 4.78 is 4.72. The van der Waals surface area contributed by atoms with Crippen molar-refractivity contribution < 1.29 is 9.53 Å². The summed E-state index contributed by atoms with van der Waals surface area (Å²) in [6.07, 6.45) is 2.00. The quantitative estimate of drug-likeness (QED) is 0.355. The Bertz CT molecular complexity index is 87.8. The first-order valence-electron chi connectivity index (χ1n) is 3.07. The summed E-state index contributed by atoms with van der Waals surface area (Å²) >= 11 is 3.74. The maximum absolute atomic E-state index is 10.4. The van der Waals surface area contributed by atoms with Gasteiger partial charge in [0.25, 0.3) is 0 Å². The maximum atomic E-state index is 10.4. The molecule has 0 rings (SSSR count). The summed E-state index contributed by atoms with van der Waals surface area (Å²) in [5.74, 6) is -0.0456. The number of rotatable bonds is 4. The zero-order valence-electron chi connectivity index (χ0n) is 6.04. The van der Waals surface area contributed by atoms with Gasteiger partial charge in [-0.25, -0.2) is 0 Å². The Morgan fingerprint density at radius 1 is 1.60 bits per heavy atom. The van der Waals surface area contributed by atoms with Gasteiger partial charge in [-0.15, -0.1) is 0 Å². The first-order chi connectivity index (χ1) is 4.31. The Morgan fingerprint density at radius 2 is 2.20 bits per heavy atom. The third-order valence-corrected chi connectivity index (χ3v) is 1.15. The van der Waals surface area contributed by atoms with Crippen molar-refractivity contribution in [2.45, 2.75) is 19.8 Å². The number of esters is 1. The van der Waals surface area contributed by atoms with E-state index in [-0.39, 0.29) is 36.2 Å². The van der Waals surface area contributed by atoms with E-state index in [9.17, 15) is 4.79 Å². The van der Waals surface area contributed by atoms with E-state index in [4.69, 9.17) is 4.74 Å². The zero-order chi connectivity index (χ0) is 7.11. The van der Waals surface area contributed by atoms with E-state index in [1.54, 1.807) is 0 Å². The van der Waals surface area contributed by atoms with Crippen LogP contribution >= 0.6 is 12.6 Å². The second-order valence-corrected chi connectivity index (χ2v) is 2.05. The summed E-state index contributed by atoms with van der Waals surface area (Å²) in [4.78, 5) is 10.4. The van der Waals surface area contributed by atoms with Crippen molar-refractivity contribution in [2.24, 2.45) is 0 Å². The monoisotopic (exact) mass is 269 g/mol. The van der Waals surface area contributed by atoms with Crippen LogP contribution in [0.3, 0.4) is 0 Å². The Balaban J connectivity index is 0. The van der Waals surface area contributed by atoms with Crippen molar-refractivity contribution in [3.63, 3.8) is 0 Å². The van der Waals surface area contributed by atoms with Gasteiger partial charge in [0, 0.05) is 0 Å². The fourth-order valence-electron chi connectivity index (χ4n) is 0.376. The van der Waals surface area contributed by atoms with Gasteiger partial charge in [0.15, 0.2) is 0 Å². The van der Waals surface area contributed by atoms with E-state index in [0.717, 1.165) is 12.8 Å². The summed E-state index contributed by atoms with van der Waals surface area (Å²) in [6, 6.07) is 0.